The minimum Gasteiger partial charge on any atom is -0.285 e. The van der Waals surface area contributed by atoms with Crippen molar-refractivity contribution in [3.05, 3.63) is 24.0 Å². The fourth-order valence-electron chi connectivity index (χ4n) is 0.544. The maximum absolute atomic E-state index is 3.76. The summed E-state index contributed by atoms with van der Waals surface area (Å²) < 4.78 is 0. The first-order valence-corrected chi connectivity index (χ1v) is 2.55. The van der Waals surface area contributed by atoms with E-state index in [0.717, 1.165) is 5.56 Å². The van der Waals surface area contributed by atoms with E-state index < -0.39 is 0 Å². The van der Waals surface area contributed by atoms with Crippen molar-refractivity contribution in [2.75, 3.05) is 0 Å². The molecule has 0 aliphatic heterocycles. The Morgan fingerprint density at radius 1 is 1.75 bits per heavy atom. The molecule has 0 aliphatic carbocycles. The largest absolute Gasteiger partial charge is 0.285 e. The average molecular weight is 108 g/mol. The smallest absolute Gasteiger partial charge is 0.0559 e. The molecule has 8 heavy (non-hydrogen) atoms. The van der Waals surface area contributed by atoms with Gasteiger partial charge in [-0.25, -0.2) is 0 Å². The molecule has 0 radical (unpaired) electrons. The highest BCUT2D eigenvalue weighted by molar-refractivity contribution is 5.45. The number of aromatic nitrogens is 2. The third kappa shape index (κ3) is 0.964. The van der Waals surface area contributed by atoms with E-state index in [0.29, 0.717) is 0 Å². The molecule has 0 saturated heterocycles. The Kier molecular flexibility index (Phi) is 1.47. The normalized spacial score (nSPS) is 10.6. The van der Waals surface area contributed by atoms with Crippen LogP contribution < -0.4 is 0 Å². The number of H-pyrrole nitrogens is 1. The monoisotopic (exact) mass is 108 g/mol. The molecule has 0 aromatic carbocycles. The second-order valence-corrected chi connectivity index (χ2v) is 1.53. The molecule has 2 nitrogen and oxygen atoms in total. The highest BCUT2D eigenvalue weighted by Gasteiger charge is 1.80. The van der Waals surface area contributed by atoms with Crippen LogP contribution >= 0.6 is 0 Å². The Morgan fingerprint density at radius 3 is 3.12 bits per heavy atom. The summed E-state index contributed by atoms with van der Waals surface area (Å²) in [6.45, 7) is 1.98. The van der Waals surface area contributed by atoms with Gasteiger partial charge < -0.3 is 0 Å². The molecular formula is C6H8N2. The summed E-state index contributed by atoms with van der Waals surface area (Å²) in [4.78, 5) is 0. The van der Waals surface area contributed by atoms with Gasteiger partial charge in [-0.1, -0.05) is 12.2 Å². The van der Waals surface area contributed by atoms with Crippen molar-refractivity contribution in [3.8, 4) is 0 Å². The zero-order valence-electron chi connectivity index (χ0n) is 4.76. The number of hydrogen-bond acceptors (Lipinski definition) is 1. The first-order chi connectivity index (χ1) is 3.93. The molecule has 2 heteroatoms. The Balaban J connectivity index is 2.77. The van der Waals surface area contributed by atoms with Gasteiger partial charge in [-0.3, -0.25) is 5.10 Å². The van der Waals surface area contributed by atoms with E-state index in [1.54, 1.807) is 6.20 Å². The molecule has 0 atom stereocenters. The number of nitrogens with zero attached hydrogens (tertiary/aromatic N) is 1. The lowest BCUT2D eigenvalue weighted by Gasteiger charge is -1.73. The minimum atomic E-state index is 1.12. The summed E-state index contributed by atoms with van der Waals surface area (Å²) >= 11 is 0. The van der Waals surface area contributed by atoms with E-state index in [-0.39, 0.29) is 0 Å². The summed E-state index contributed by atoms with van der Waals surface area (Å²) in [5.74, 6) is 0. The van der Waals surface area contributed by atoms with Gasteiger partial charge in [0.2, 0.25) is 0 Å². The second-order valence-electron chi connectivity index (χ2n) is 1.53. The summed E-state index contributed by atoms with van der Waals surface area (Å²) in [7, 11) is 0. The van der Waals surface area contributed by atoms with E-state index in [2.05, 4.69) is 10.2 Å². The average Bonchev–Trinajstić information content (AvgIpc) is 2.19. The molecule has 0 spiro atoms. The molecule has 0 bridgehead atoms. The molecule has 1 N–H and O–H groups in total. The lowest BCUT2D eigenvalue weighted by molar-refractivity contribution is 1.09. The SMILES string of the molecule is C/C=C/c1cn[nH]c1. The van der Waals surface area contributed by atoms with Crippen molar-refractivity contribution in [3.63, 3.8) is 0 Å². The molecule has 0 saturated carbocycles. The predicted octanol–water partition coefficient (Wildman–Crippen LogP) is 1.44. The van der Waals surface area contributed by atoms with E-state index in [1.165, 1.54) is 0 Å². The van der Waals surface area contributed by atoms with Crippen molar-refractivity contribution in [1.29, 1.82) is 0 Å². The number of hydrogen-bond donors (Lipinski definition) is 1. The van der Waals surface area contributed by atoms with E-state index in [4.69, 9.17) is 0 Å². The van der Waals surface area contributed by atoms with Crippen molar-refractivity contribution < 1.29 is 0 Å². The predicted molar refractivity (Wildman–Crippen MR) is 33.3 cm³/mol. The first kappa shape index (κ1) is 5.09. The molecule has 1 rings (SSSR count). The highest BCUT2D eigenvalue weighted by atomic mass is 15.1. The van der Waals surface area contributed by atoms with Crippen molar-refractivity contribution in [2.45, 2.75) is 6.92 Å². The topological polar surface area (TPSA) is 28.7 Å². The van der Waals surface area contributed by atoms with Gasteiger partial charge in [0, 0.05) is 11.8 Å². The number of aromatic amines is 1. The van der Waals surface area contributed by atoms with Crippen LogP contribution in [-0.4, -0.2) is 10.2 Å². The van der Waals surface area contributed by atoms with Crippen molar-refractivity contribution in [2.24, 2.45) is 0 Å². The van der Waals surface area contributed by atoms with Crippen molar-refractivity contribution in [1.82, 2.24) is 10.2 Å². The Labute approximate surface area is 48.2 Å². The molecular weight excluding hydrogens is 100 g/mol. The molecule has 0 aliphatic rings. The standard InChI is InChI=1S/C6H8N2/c1-2-3-6-4-7-8-5-6/h2-5H,1H3,(H,7,8)/b3-2+. The van der Waals surface area contributed by atoms with Crippen LogP contribution in [0.15, 0.2) is 18.5 Å². The zero-order valence-corrected chi connectivity index (χ0v) is 4.76. The molecule has 0 unspecified atom stereocenters. The molecule has 1 aromatic heterocycles. The van der Waals surface area contributed by atoms with Gasteiger partial charge in [0.05, 0.1) is 6.20 Å². The minimum absolute atomic E-state index is 1.12. The van der Waals surface area contributed by atoms with Crippen LogP contribution in [0.3, 0.4) is 0 Å². The van der Waals surface area contributed by atoms with Gasteiger partial charge in [0.15, 0.2) is 0 Å². The lowest BCUT2D eigenvalue weighted by atomic mass is 10.3. The van der Waals surface area contributed by atoms with E-state index in [9.17, 15) is 0 Å². The Bertz CT molecular complexity index is 163. The number of rotatable bonds is 1. The van der Waals surface area contributed by atoms with Crippen LogP contribution in [0.5, 0.6) is 0 Å². The van der Waals surface area contributed by atoms with Crippen molar-refractivity contribution >= 4 is 6.08 Å². The molecule has 1 heterocycles. The first-order valence-electron chi connectivity index (χ1n) is 2.55. The van der Waals surface area contributed by atoms with Crippen LogP contribution in [0.4, 0.5) is 0 Å². The molecule has 1 aromatic rings. The zero-order chi connectivity index (χ0) is 5.82. The van der Waals surface area contributed by atoms with Crippen LogP contribution in [0, 0.1) is 0 Å². The summed E-state index contributed by atoms with van der Waals surface area (Å²) in [5.41, 5.74) is 1.12. The Hall–Kier alpha value is -1.05. The van der Waals surface area contributed by atoms with Crippen LogP contribution in [0.2, 0.25) is 0 Å². The van der Waals surface area contributed by atoms with Gasteiger partial charge in [-0.15, -0.1) is 0 Å². The van der Waals surface area contributed by atoms with Crippen LogP contribution in [-0.2, 0) is 0 Å². The third-order valence-corrected chi connectivity index (χ3v) is 0.878. The number of nitrogens with one attached hydrogen (secondary N) is 1. The van der Waals surface area contributed by atoms with Gasteiger partial charge in [-0.2, -0.15) is 5.10 Å². The molecule has 0 fully saturated rings. The highest BCUT2D eigenvalue weighted by Crippen LogP contribution is 1.94. The van der Waals surface area contributed by atoms with Crippen LogP contribution in [0.25, 0.3) is 6.08 Å². The van der Waals surface area contributed by atoms with Gasteiger partial charge in [-0.05, 0) is 6.92 Å². The fourth-order valence-corrected chi connectivity index (χ4v) is 0.544. The maximum atomic E-state index is 3.76. The molecule has 0 amide bonds. The van der Waals surface area contributed by atoms with Gasteiger partial charge >= 0.3 is 0 Å². The summed E-state index contributed by atoms with van der Waals surface area (Å²) in [6, 6.07) is 0. The quantitative estimate of drug-likeness (QED) is 0.579. The van der Waals surface area contributed by atoms with E-state index in [1.807, 2.05) is 25.3 Å². The second kappa shape index (κ2) is 2.31. The molecule has 42 valence electrons. The fraction of sp³-hybridized carbons (Fsp3) is 0.167. The third-order valence-electron chi connectivity index (χ3n) is 0.878. The van der Waals surface area contributed by atoms with E-state index >= 15 is 0 Å². The summed E-state index contributed by atoms with van der Waals surface area (Å²) in [6.07, 6.45) is 7.59. The maximum Gasteiger partial charge on any atom is 0.0559 e. The van der Waals surface area contributed by atoms with Crippen LogP contribution in [0.1, 0.15) is 12.5 Å². The lowest BCUT2D eigenvalue weighted by Crippen LogP contribution is -1.55. The summed E-state index contributed by atoms with van der Waals surface area (Å²) in [5, 5.41) is 6.48. The number of allylic oxidation sites excluding steroid dienone is 1. The Morgan fingerprint density at radius 2 is 2.62 bits per heavy atom. The van der Waals surface area contributed by atoms with Gasteiger partial charge in [0.1, 0.15) is 0 Å². The van der Waals surface area contributed by atoms with Gasteiger partial charge in [0.25, 0.3) is 0 Å².